The van der Waals surface area contributed by atoms with Crippen LogP contribution >= 0.6 is 0 Å². The van der Waals surface area contributed by atoms with Crippen molar-refractivity contribution in [2.75, 3.05) is 11.4 Å². The number of ether oxygens (including phenoxy) is 2. The lowest BCUT2D eigenvalue weighted by molar-refractivity contribution is -0.243. The third-order valence-electron chi connectivity index (χ3n) is 9.63. The summed E-state index contributed by atoms with van der Waals surface area (Å²) in [7, 11) is 0. The fourth-order valence-corrected chi connectivity index (χ4v) is 6.47. The maximum absolute atomic E-state index is 15.1. The van der Waals surface area contributed by atoms with Crippen molar-refractivity contribution >= 4 is 11.9 Å². The Morgan fingerprint density at radius 3 is 2.29 bits per heavy atom. The van der Waals surface area contributed by atoms with Crippen LogP contribution in [-0.2, 0) is 10.2 Å². The van der Waals surface area contributed by atoms with E-state index in [-0.39, 0.29) is 29.4 Å². The van der Waals surface area contributed by atoms with E-state index in [2.05, 4.69) is 10.1 Å². The van der Waals surface area contributed by atoms with E-state index < -0.39 is 29.1 Å². The zero-order chi connectivity index (χ0) is 32.2. The SMILES string of the molecule is CC(C)Oc1ccc(-c2cc(N(CC34CCC(c5nc(C6CC6)no5)(CC3)CC4)C(=O)OC(C)(C)C(F)(F)F)ncc2F)cc1. The van der Waals surface area contributed by atoms with E-state index in [1.807, 2.05) is 13.8 Å². The average molecular weight is 631 g/mol. The number of pyridine rings is 1. The highest BCUT2D eigenvalue weighted by Crippen LogP contribution is 2.58. The van der Waals surface area contributed by atoms with Crippen LogP contribution in [0, 0.1) is 11.2 Å². The van der Waals surface area contributed by atoms with Crippen LogP contribution in [-0.4, -0.2) is 45.6 Å². The summed E-state index contributed by atoms with van der Waals surface area (Å²) < 4.78 is 73.0. The van der Waals surface area contributed by atoms with Gasteiger partial charge in [0.2, 0.25) is 11.5 Å². The smallest absolute Gasteiger partial charge is 0.427 e. The second-order valence-corrected chi connectivity index (χ2v) is 13.7. The van der Waals surface area contributed by atoms with Gasteiger partial charge in [-0.3, -0.25) is 4.90 Å². The first-order valence-corrected chi connectivity index (χ1v) is 15.5. The van der Waals surface area contributed by atoms with Gasteiger partial charge in [0.25, 0.3) is 0 Å². The molecule has 2 bridgehead atoms. The molecule has 4 saturated carbocycles. The summed E-state index contributed by atoms with van der Waals surface area (Å²) in [5.74, 6) is 1.80. The van der Waals surface area contributed by atoms with Gasteiger partial charge in [-0.05, 0) is 108 Å². The van der Waals surface area contributed by atoms with E-state index in [4.69, 9.17) is 19.0 Å². The monoisotopic (exact) mass is 630 g/mol. The second-order valence-electron chi connectivity index (χ2n) is 13.7. The van der Waals surface area contributed by atoms with Crippen molar-refractivity contribution in [3.8, 4) is 16.9 Å². The van der Waals surface area contributed by atoms with Gasteiger partial charge in [-0.15, -0.1) is 0 Å². The molecule has 2 heterocycles. The molecule has 12 heteroatoms. The Bertz CT molecular complexity index is 1520. The van der Waals surface area contributed by atoms with E-state index in [1.54, 1.807) is 24.3 Å². The van der Waals surface area contributed by atoms with Crippen molar-refractivity contribution in [1.29, 1.82) is 0 Å². The molecule has 0 saturated heterocycles. The van der Waals surface area contributed by atoms with Crippen LogP contribution in [0.25, 0.3) is 11.1 Å². The van der Waals surface area contributed by atoms with Crippen LogP contribution in [0.1, 0.15) is 96.7 Å². The number of benzene rings is 1. The molecule has 0 radical (unpaired) electrons. The lowest BCUT2D eigenvalue weighted by Gasteiger charge is -2.52. The van der Waals surface area contributed by atoms with Crippen molar-refractivity contribution in [3.05, 3.63) is 54.1 Å². The zero-order valence-corrected chi connectivity index (χ0v) is 25.9. The van der Waals surface area contributed by atoms with Crippen LogP contribution in [0.3, 0.4) is 0 Å². The third kappa shape index (κ3) is 6.24. The number of hydrogen-bond acceptors (Lipinski definition) is 7. The quantitative estimate of drug-likeness (QED) is 0.219. The lowest BCUT2D eigenvalue weighted by atomic mass is 9.53. The van der Waals surface area contributed by atoms with Crippen molar-refractivity contribution < 1.29 is 36.4 Å². The van der Waals surface area contributed by atoms with Gasteiger partial charge in [0, 0.05) is 23.4 Å². The minimum atomic E-state index is -4.80. The van der Waals surface area contributed by atoms with Crippen molar-refractivity contribution in [2.24, 2.45) is 5.41 Å². The number of carbonyl (C=O) groups is 1. The topological polar surface area (TPSA) is 90.6 Å². The highest BCUT2D eigenvalue weighted by Gasteiger charge is 2.55. The van der Waals surface area contributed by atoms with Crippen LogP contribution in [0.5, 0.6) is 5.75 Å². The fraction of sp³-hybridized carbons (Fsp3) is 0.576. The average Bonchev–Trinajstić information content (AvgIpc) is 3.72. The molecule has 4 aliphatic carbocycles. The summed E-state index contributed by atoms with van der Waals surface area (Å²) >= 11 is 0. The van der Waals surface area contributed by atoms with Crippen LogP contribution < -0.4 is 9.64 Å². The van der Waals surface area contributed by atoms with E-state index in [9.17, 15) is 18.0 Å². The van der Waals surface area contributed by atoms with Gasteiger partial charge >= 0.3 is 12.3 Å². The molecule has 3 aromatic rings. The van der Waals surface area contributed by atoms with E-state index in [0.717, 1.165) is 62.9 Å². The molecule has 4 fully saturated rings. The Labute approximate surface area is 259 Å². The fourth-order valence-electron chi connectivity index (χ4n) is 6.47. The molecule has 1 amide bonds. The van der Waals surface area contributed by atoms with Crippen molar-refractivity contribution in [1.82, 2.24) is 15.1 Å². The van der Waals surface area contributed by atoms with E-state index in [0.29, 0.717) is 42.4 Å². The van der Waals surface area contributed by atoms with Crippen LogP contribution in [0.15, 0.2) is 41.1 Å². The standard InChI is InChI=1S/C33H38F4N4O4/c1-20(2)43-23-9-7-21(8-10-23)24-17-26(38-18-25(24)34)41(29(42)44-30(3,4)33(35,36)37)19-31-11-14-32(15-12-31,16-13-31)28-39-27(40-45-28)22-5-6-22/h7-10,17-18,20,22H,5-6,11-16,19H2,1-4H3. The number of rotatable bonds is 9. The minimum absolute atomic E-state index is 0.0136. The molecule has 4 aliphatic rings. The molecule has 242 valence electrons. The summed E-state index contributed by atoms with van der Waals surface area (Å²) in [4.78, 5) is 23.7. The molecule has 0 spiro atoms. The number of fused-ring (bicyclic) bond motifs is 3. The highest BCUT2D eigenvalue weighted by molar-refractivity contribution is 5.88. The van der Waals surface area contributed by atoms with E-state index >= 15 is 4.39 Å². The number of halogens is 4. The molecule has 0 unspecified atom stereocenters. The van der Waals surface area contributed by atoms with Crippen molar-refractivity contribution in [2.45, 2.75) is 108 Å². The first-order chi connectivity index (χ1) is 21.2. The largest absolute Gasteiger partial charge is 0.491 e. The summed E-state index contributed by atoms with van der Waals surface area (Å²) in [6, 6.07) is 8.17. The maximum Gasteiger partial charge on any atom is 0.427 e. The first-order valence-electron chi connectivity index (χ1n) is 15.5. The molecular weight excluding hydrogens is 592 g/mol. The van der Waals surface area contributed by atoms with Gasteiger partial charge in [0.15, 0.2) is 5.82 Å². The number of nitrogens with zero attached hydrogens (tertiary/aromatic N) is 4. The third-order valence-corrected chi connectivity index (χ3v) is 9.63. The summed E-state index contributed by atoms with van der Waals surface area (Å²) in [5.41, 5.74) is -2.73. The number of amides is 1. The predicted molar refractivity (Wildman–Crippen MR) is 157 cm³/mol. The van der Waals surface area contributed by atoms with Gasteiger partial charge in [-0.2, -0.15) is 18.2 Å². The number of hydrogen-bond donors (Lipinski definition) is 0. The maximum atomic E-state index is 15.1. The van der Waals surface area contributed by atoms with Crippen molar-refractivity contribution in [3.63, 3.8) is 0 Å². The molecule has 0 N–H and O–H groups in total. The molecule has 1 aromatic carbocycles. The minimum Gasteiger partial charge on any atom is -0.491 e. The van der Waals surface area contributed by atoms with E-state index in [1.165, 1.54) is 6.07 Å². The molecular formula is C33H38F4N4O4. The zero-order valence-electron chi connectivity index (χ0n) is 25.9. The molecule has 0 atom stereocenters. The number of aromatic nitrogens is 3. The van der Waals surface area contributed by atoms with Gasteiger partial charge in [-0.1, -0.05) is 17.3 Å². The summed E-state index contributed by atoms with van der Waals surface area (Å²) in [6.45, 7) is 5.48. The second kappa shape index (κ2) is 11.3. The van der Waals surface area contributed by atoms with Gasteiger partial charge in [0.1, 0.15) is 17.4 Å². The Morgan fingerprint density at radius 2 is 1.71 bits per heavy atom. The Kier molecular flexibility index (Phi) is 7.84. The van der Waals surface area contributed by atoms with Gasteiger partial charge < -0.3 is 14.0 Å². The predicted octanol–water partition coefficient (Wildman–Crippen LogP) is 8.51. The van der Waals surface area contributed by atoms with Crippen LogP contribution in [0.4, 0.5) is 28.2 Å². The summed E-state index contributed by atoms with van der Waals surface area (Å²) in [6.07, 6.45) is 1.45. The Balaban J connectivity index is 1.28. The Morgan fingerprint density at radius 1 is 1.07 bits per heavy atom. The first kappa shape index (κ1) is 31.3. The highest BCUT2D eigenvalue weighted by atomic mass is 19.4. The van der Waals surface area contributed by atoms with Crippen LogP contribution in [0.2, 0.25) is 0 Å². The summed E-state index contributed by atoms with van der Waals surface area (Å²) in [5, 5.41) is 4.21. The number of alkyl halides is 3. The lowest BCUT2D eigenvalue weighted by Crippen LogP contribution is -2.53. The van der Waals surface area contributed by atoms with Gasteiger partial charge in [-0.25, -0.2) is 14.2 Å². The molecule has 8 nitrogen and oxygen atoms in total. The normalized spacial score (nSPS) is 23.3. The van der Waals surface area contributed by atoms with Gasteiger partial charge in [0.05, 0.1) is 12.3 Å². The number of carbonyl (C=O) groups excluding carboxylic acids is 1. The molecule has 2 aromatic heterocycles. The molecule has 45 heavy (non-hydrogen) atoms. The molecule has 0 aliphatic heterocycles. The molecule has 7 rings (SSSR count). The Hall–Kier alpha value is -3.70. The number of anilines is 1.